The molecule has 3 nitrogen and oxygen atoms in total. The van der Waals surface area contributed by atoms with Crippen molar-refractivity contribution in [2.24, 2.45) is 0 Å². The van der Waals surface area contributed by atoms with E-state index in [0.29, 0.717) is 10.7 Å². The van der Waals surface area contributed by atoms with Crippen LogP contribution in [0.3, 0.4) is 0 Å². The first-order chi connectivity index (χ1) is 7.68. The number of anilines is 1. The molecular weight excluding hydrogens is 222 g/mol. The Labute approximate surface area is 97.2 Å². The molecule has 80 valence electrons. The summed E-state index contributed by atoms with van der Waals surface area (Å²) >= 11 is 6.14. The Bertz CT molecular complexity index is 700. The molecule has 4 heteroatoms. The molecule has 0 saturated carbocycles. The minimum absolute atomic E-state index is 0.697. The Morgan fingerprint density at radius 3 is 3.00 bits per heavy atom. The number of nitrogen functional groups attached to an aromatic ring is 1. The zero-order chi connectivity index (χ0) is 11.3. The van der Waals surface area contributed by atoms with Crippen molar-refractivity contribution in [2.75, 3.05) is 5.73 Å². The van der Waals surface area contributed by atoms with Crippen molar-refractivity contribution in [3.8, 4) is 0 Å². The third-order valence-electron chi connectivity index (χ3n) is 2.94. The zero-order valence-corrected chi connectivity index (χ0v) is 9.47. The van der Waals surface area contributed by atoms with E-state index in [-0.39, 0.29) is 0 Å². The minimum atomic E-state index is 0.697. The highest BCUT2D eigenvalue weighted by Gasteiger charge is 2.10. The first kappa shape index (κ1) is 9.48. The number of aromatic amines is 1. The van der Waals surface area contributed by atoms with Gasteiger partial charge in [-0.3, -0.25) is 4.98 Å². The van der Waals surface area contributed by atoms with Gasteiger partial charge in [-0.15, -0.1) is 0 Å². The summed E-state index contributed by atoms with van der Waals surface area (Å²) in [6.07, 6.45) is 3.55. The molecule has 2 aromatic heterocycles. The summed E-state index contributed by atoms with van der Waals surface area (Å²) in [4.78, 5) is 7.35. The predicted molar refractivity (Wildman–Crippen MR) is 67.8 cm³/mol. The topological polar surface area (TPSA) is 54.7 Å². The molecule has 0 saturated heterocycles. The standard InChI is InChI=1S/C12H10ClN3/c1-6-9(13)4-8-7-2-3-15-5-10(7)16-12(8)11(6)14/h2-5,16H,14H2,1H3. The SMILES string of the molecule is Cc1c(Cl)cc2c([nH]c3cnccc32)c1N. The summed E-state index contributed by atoms with van der Waals surface area (Å²) in [6, 6.07) is 3.90. The quantitative estimate of drug-likeness (QED) is 0.584. The van der Waals surface area contributed by atoms with Crippen LogP contribution >= 0.6 is 11.6 Å². The lowest BCUT2D eigenvalue weighted by atomic mass is 10.1. The van der Waals surface area contributed by atoms with Crippen molar-refractivity contribution in [3.05, 3.63) is 35.1 Å². The van der Waals surface area contributed by atoms with E-state index in [9.17, 15) is 0 Å². The lowest BCUT2D eigenvalue weighted by Gasteiger charge is -2.03. The van der Waals surface area contributed by atoms with Gasteiger partial charge in [-0.25, -0.2) is 0 Å². The zero-order valence-electron chi connectivity index (χ0n) is 8.71. The van der Waals surface area contributed by atoms with E-state index < -0.39 is 0 Å². The molecule has 3 rings (SSSR count). The number of aromatic nitrogens is 2. The highest BCUT2D eigenvalue weighted by Crippen LogP contribution is 2.34. The molecule has 0 radical (unpaired) electrons. The maximum absolute atomic E-state index is 6.14. The normalized spacial score (nSPS) is 11.4. The summed E-state index contributed by atoms with van der Waals surface area (Å²) < 4.78 is 0. The fourth-order valence-electron chi connectivity index (χ4n) is 1.98. The van der Waals surface area contributed by atoms with Gasteiger partial charge in [-0.2, -0.15) is 0 Å². The number of fused-ring (bicyclic) bond motifs is 3. The molecule has 0 fully saturated rings. The fourth-order valence-corrected chi connectivity index (χ4v) is 2.19. The van der Waals surface area contributed by atoms with Crippen LogP contribution in [0.25, 0.3) is 21.8 Å². The van der Waals surface area contributed by atoms with E-state index in [0.717, 1.165) is 27.4 Å². The average molecular weight is 232 g/mol. The van der Waals surface area contributed by atoms with Gasteiger partial charge in [0, 0.05) is 22.0 Å². The molecule has 0 aliphatic heterocycles. The van der Waals surface area contributed by atoms with Gasteiger partial charge in [-0.05, 0) is 24.6 Å². The Hall–Kier alpha value is -1.74. The van der Waals surface area contributed by atoms with Crippen molar-refractivity contribution in [1.29, 1.82) is 0 Å². The first-order valence-electron chi connectivity index (χ1n) is 4.98. The van der Waals surface area contributed by atoms with Crippen LogP contribution in [0.2, 0.25) is 5.02 Å². The third-order valence-corrected chi connectivity index (χ3v) is 3.34. The number of pyridine rings is 1. The van der Waals surface area contributed by atoms with Crippen molar-refractivity contribution in [3.63, 3.8) is 0 Å². The number of benzene rings is 1. The summed E-state index contributed by atoms with van der Waals surface area (Å²) in [6.45, 7) is 1.92. The van der Waals surface area contributed by atoms with E-state index in [1.807, 2.05) is 19.1 Å². The van der Waals surface area contributed by atoms with Crippen LogP contribution in [0, 0.1) is 6.92 Å². The van der Waals surface area contributed by atoms with Crippen LogP contribution in [0.1, 0.15) is 5.56 Å². The molecular formula is C12H10ClN3. The smallest absolute Gasteiger partial charge is 0.0702 e. The Morgan fingerprint density at radius 2 is 2.19 bits per heavy atom. The monoisotopic (exact) mass is 231 g/mol. The molecule has 3 aromatic rings. The van der Waals surface area contributed by atoms with E-state index >= 15 is 0 Å². The van der Waals surface area contributed by atoms with Crippen LogP contribution in [0.15, 0.2) is 24.5 Å². The number of halogens is 1. The minimum Gasteiger partial charge on any atom is -0.397 e. The highest BCUT2D eigenvalue weighted by atomic mass is 35.5. The number of nitrogens with zero attached hydrogens (tertiary/aromatic N) is 1. The molecule has 0 spiro atoms. The molecule has 1 aromatic carbocycles. The summed E-state index contributed by atoms with van der Waals surface area (Å²) in [5.74, 6) is 0. The Morgan fingerprint density at radius 1 is 1.38 bits per heavy atom. The first-order valence-corrected chi connectivity index (χ1v) is 5.36. The van der Waals surface area contributed by atoms with Gasteiger partial charge < -0.3 is 10.7 Å². The molecule has 0 aliphatic carbocycles. The van der Waals surface area contributed by atoms with E-state index in [1.54, 1.807) is 12.4 Å². The van der Waals surface area contributed by atoms with Gasteiger partial charge in [-0.1, -0.05) is 11.6 Å². The number of rotatable bonds is 0. The summed E-state index contributed by atoms with van der Waals surface area (Å²) in [7, 11) is 0. The van der Waals surface area contributed by atoms with Crippen molar-refractivity contribution in [2.45, 2.75) is 6.92 Å². The largest absolute Gasteiger partial charge is 0.397 e. The Balaban J connectivity index is 2.60. The second-order valence-corrected chi connectivity index (χ2v) is 4.27. The molecule has 0 unspecified atom stereocenters. The number of hydrogen-bond donors (Lipinski definition) is 2. The van der Waals surface area contributed by atoms with Crippen LogP contribution in [0.4, 0.5) is 5.69 Å². The van der Waals surface area contributed by atoms with E-state index in [1.165, 1.54) is 0 Å². The molecule has 3 N–H and O–H groups in total. The second-order valence-electron chi connectivity index (χ2n) is 3.87. The third kappa shape index (κ3) is 1.12. The van der Waals surface area contributed by atoms with Gasteiger partial charge in [0.2, 0.25) is 0 Å². The van der Waals surface area contributed by atoms with Gasteiger partial charge in [0.1, 0.15) is 0 Å². The number of nitrogens with two attached hydrogens (primary N) is 1. The maximum atomic E-state index is 6.14. The van der Waals surface area contributed by atoms with Crippen molar-refractivity contribution < 1.29 is 0 Å². The van der Waals surface area contributed by atoms with E-state index in [4.69, 9.17) is 17.3 Å². The predicted octanol–water partition coefficient (Wildman–Crippen LogP) is 3.26. The average Bonchev–Trinajstić information content (AvgIpc) is 2.65. The van der Waals surface area contributed by atoms with Crippen molar-refractivity contribution >= 4 is 39.1 Å². The van der Waals surface area contributed by atoms with Gasteiger partial charge in [0.25, 0.3) is 0 Å². The lowest BCUT2D eigenvalue weighted by molar-refractivity contribution is 1.35. The summed E-state index contributed by atoms with van der Waals surface area (Å²) in [5.41, 5.74) is 9.58. The number of hydrogen-bond acceptors (Lipinski definition) is 2. The van der Waals surface area contributed by atoms with Crippen LogP contribution in [0.5, 0.6) is 0 Å². The second kappa shape index (κ2) is 3.12. The number of H-pyrrole nitrogens is 1. The van der Waals surface area contributed by atoms with E-state index in [2.05, 4.69) is 9.97 Å². The molecule has 0 bridgehead atoms. The highest BCUT2D eigenvalue weighted by molar-refractivity contribution is 6.33. The van der Waals surface area contributed by atoms with Gasteiger partial charge in [0.05, 0.1) is 22.9 Å². The lowest BCUT2D eigenvalue weighted by Crippen LogP contribution is -1.91. The van der Waals surface area contributed by atoms with Gasteiger partial charge in [0.15, 0.2) is 0 Å². The van der Waals surface area contributed by atoms with Crippen LogP contribution in [-0.2, 0) is 0 Å². The molecule has 0 amide bonds. The van der Waals surface area contributed by atoms with Crippen molar-refractivity contribution in [1.82, 2.24) is 9.97 Å². The fraction of sp³-hybridized carbons (Fsp3) is 0.0833. The van der Waals surface area contributed by atoms with Crippen LogP contribution < -0.4 is 5.73 Å². The number of nitrogens with one attached hydrogen (secondary N) is 1. The van der Waals surface area contributed by atoms with Crippen LogP contribution in [-0.4, -0.2) is 9.97 Å². The molecule has 16 heavy (non-hydrogen) atoms. The Kier molecular flexibility index (Phi) is 1.85. The molecule has 0 atom stereocenters. The molecule has 0 aliphatic rings. The maximum Gasteiger partial charge on any atom is 0.0702 e. The molecule has 2 heterocycles. The summed E-state index contributed by atoms with van der Waals surface area (Å²) in [5, 5.41) is 2.84. The van der Waals surface area contributed by atoms with Gasteiger partial charge >= 0.3 is 0 Å².